The molecule has 2 atom stereocenters. The van der Waals surface area contributed by atoms with E-state index in [0.717, 1.165) is 0 Å². The second-order valence-electron chi connectivity index (χ2n) is 8.55. The van der Waals surface area contributed by atoms with E-state index in [4.69, 9.17) is 14.7 Å². The highest BCUT2D eigenvalue weighted by Crippen LogP contribution is 2.37. The Kier molecular flexibility index (Phi) is 8.84. The van der Waals surface area contributed by atoms with Crippen LogP contribution in [0.4, 0.5) is 8.78 Å². The molecule has 2 aromatic carbocycles. The highest BCUT2D eigenvalue weighted by atomic mass is 32.2. The minimum Gasteiger partial charge on any atom is -0.382 e. The molecule has 0 aliphatic carbocycles. The number of thioether (sulfide) groups is 1. The van der Waals surface area contributed by atoms with Crippen molar-refractivity contribution in [2.24, 2.45) is 0 Å². The number of hydrogen-bond acceptors (Lipinski definition) is 7. The fourth-order valence-corrected chi connectivity index (χ4v) is 5.22. The van der Waals surface area contributed by atoms with Crippen LogP contribution in [0, 0.1) is 23.0 Å². The Morgan fingerprint density at radius 3 is 2.62 bits per heavy atom. The minimum atomic E-state index is -1.34. The second-order valence-corrected chi connectivity index (χ2v) is 10.2. The van der Waals surface area contributed by atoms with Gasteiger partial charge in [0.05, 0.1) is 36.6 Å². The maximum atomic E-state index is 14.0. The van der Waals surface area contributed by atoms with Gasteiger partial charge < -0.3 is 14.6 Å². The molecule has 0 spiro atoms. The van der Waals surface area contributed by atoms with Crippen molar-refractivity contribution < 1.29 is 23.4 Å². The molecule has 1 aliphatic heterocycles. The molecule has 1 saturated heterocycles. The van der Waals surface area contributed by atoms with Crippen molar-refractivity contribution >= 4 is 17.8 Å². The van der Waals surface area contributed by atoms with E-state index < -0.39 is 17.7 Å². The van der Waals surface area contributed by atoms with Crippen LogP contribution in [0.5, 0.6) is 0 Å². The maximum absolute atomic E-state index is 14.0. The van der Waals surface area contributed by atoms with Crippen molar-refractivity contribution in [3.8, 4) is 6.07 Å². The number of nitriles is 1. The van der Waals surface area contributed by atoms with Gasteiger partial charge in [0.25, 0.3) is 0 Å². The smallest absolute Gasteiger partial charge is 0.177 e. The van der Waals surface area contributed by atoms with Crippen molar-refractivity contribution in [3.05, 3.63) is 102 Å². The highest BCUT2D eigenvalue weighted by molar-refractivity contribution is 8.00. The molecule has 3 aromatic rings. The summed E-state index contributed by atoms with van der Waals surface area (Å²) in [6.07, 6.45) is 9.09. The molecule has 0 radical (unpaired) electrons. The van der Waals surface area contributed by atoms with E-state index in [9.17, 15) is 13.9 Å². The van der Waals surface area contributed by atoms with E-state index in [2.05, 4.69) is 10.1 Å². The van der Waals surface area contributed by atoms with Gasteiger partial charge in [0, 0.05) is 10.8 Å². The average Bonchev–Trinajstić information content (AvgIpc) is 3.41. The number of hydrogen-bond donors (Lipinski definition) is 1. The monoisotopic (exact) mass is 524 g/mol. The number of allylic oxidation sites excluding steroid dienone is 2. The van der Waals surface area contributed by atoms with E-state index in [1.54, 1.807) is 53.3 Å². The molecule has 1 fully saturated rings. The van der Waals surface area contributed by atoms with Gasteiger partial charge in [-0.25, -0.2) is 18.4 Å². The van der Waals surface area contributed by atoms with Crippen LogP contribution < -0.4 is 0 Å². The summed E-state index contributed by atoms with van der Waals surface area (Å²) in [7, 11) is 0. The topological polar surface area (TPSA) is 93.2 Å². The van der Waals surface area contributed by atoms with Gasteiger partial charge >= 0.3 is 0 Å². The molecule has 1 aromatic heterocycles. The van der Waals surface area contributed by atoms with Gasteiger partial charge in [-0.3, -0.25) is 0 Å². The lowest BCUT2D eigenvalue weighted by atomic mass is 9.90. The summed E-state index contributed by atoms with van der Waals surface area (Å²) < 4.78 is 40.6. The van der Waals surface area contributed by atoms with Crippen LogP contribution in [0.1, 0.15) is 23.6 Å². The fraction of sp³-hybridized carbons (Fsp3) is 0.296. The van der Waals surface area contributed by atoms with Gasteiger partial charge in [-0.15, -0.1) is 11.8 Å². The van der Waals surface area contributed by atoms with Crippen LogP contribution >= 0.6 is 11.8 Å². The van der Waals surface area contributed by atoms with Crippen LogP contribution in [0.25, 0.3) is 6.08 Å². The summed E-state index contributed by atoms with van der Waals surface area (Å²) in [6.45, 7) is 2.87. The standard InChI is InChI=1S/C27H26F2N4O3S/c1-19(27(34,16-33-18-31-17-32-33)22-8-10-23(28)11-9-22)37-24-14-35-26(36-15-24)5-3-2-4-21-7-6-20(13-30)12-25(21)29/h2-12,17-19,24,26,34H,14-16H2,1H3/b4-2+,5-3+/t19-,24?,26?,27-/m1/s1. The van der Waals surface area contributed by atoms with Crippen LogP contribution in [0.15, 0.2) is 73.3 Å². The van der Waals surface area contributed by atoms with Crippen molar-refractivity contribution in [1.29, 1.82) is 5.26 Å². The third-order valence-corrected chi connectivity index (χ3v) is 7.42. The molecule has 192 valence electrons. The van der Waals surface area contributed by atoms with Gasteiger partial charge in [0.2, 0.25) is 0 Å². The third kappa shape index (κ3) is 6.90. The molecule has 37 heavy (non-hydrogen) atoms. The second kappa shape index (κ2) is 12.3. The zero-order valence-corrected chi connectivity index (χ0v) is 20.9. The molecule has 1 aliphatic rings. The van der Waals surface area contributed by atoms with E-state index in [0.29, 0.717) is 24.3 Å². The summed E-state index contributed by atoms with van der Waals surface area (Å²) in [6, 6.07) is 12.0. The van der Waals surface area contributed by atoms with Crippen LogP contribution in [-0.4, -0.2) is 49.9 Å². The molecule has 0 bridgehead atoms. The molecule has 4 rings (SSSR count). The number of aromatic nitrogens is 3. The van der Waals surface area contributed by atoms with Crippen molar-refractivity contribution in [3.63, 3.8) is 0 Å². The Labute approximate surface area is 218 Å². The average molecular weight is 525 g/mol. The zero-order chi connectivity index (χ0) is 26.3. The van der Waals surface area contributed by atoms with Crippen molar-refractivity contribution in [2.45, 2.75) is 35.9 Å². The Morgan fingerprint density at radius 1 is 1.22 bits per heavy atom. The Bertz CT molecular complexity index is 1270. The summed E-state index contributed by atoms with van der Waals surface area (Å²) in [5, 5.41) is 24.3. The molecule has 2 heterocycles. The SMILES string of the molecule is C[C@@H](SC1COC(/C=C/C=C/c2ccc(C#N)cc2F)OC1)[C@](O)(Cn1cncn1)c1ccc(F)cc1. The first-order valence-corrected chi connectivity index (χ1v) is 12.6. The normalized spacial score (nSPS) is 20.6. The lowest BCUT2D eigenvalue weighted by Crippen LogP contribution is -2.43. The molecule has 0 unspecified atom stereocenters. The highest BCUT2D eigenvalue weighted by Gasteiger charge is 2.39. The van der Waals surface area contributed by atoms with Gasteiger partial charge in [-0.05, 0) is 35.9 Å². The number of nitrogens with zero attached hydrogens (tertiary/aromatic N) is 4. The van der Waals surface area contributed by atoms with E-state index >= 15 is 0 Å². The van der Waals surface area contributed by atoms with Gasteiger partial charge in [0.1, 0.15) is 29.9 Å². The van der Waals surface area contributed by atoms with Crippen LogP contribution in [0.2, 0.25) is 0 Å². The Hall–Kier alpha value is -3.36. The van der Waals surface area contributed by atoms with Gasteiger partial charge in [-0.1, -0.05) is 43.4 Å². The number of benzene rings is 2. The molecular formula is C27H26F2N4O3S. The zero-order valence-electron chi connectivity index (χ0n) is 20.1. The maximum Gasteiger partial charge on any atom is 0.177 e. The molecule has 0 saturated carbocycles. The van der Waals surface area contributed by atoms with E-state index in [1.807, 2.05) is 13.0 Å². The Balaban J connectivity index is 1.33. The molecule has 10 heteroatoms. The first-order valence-electron chi connectivity index (χ1n) is 11.6. The first-order chi connectivity index (χ1) is 17.9. The number of aliphatic hydroxyl groups is 1. The summed E-state index contributed by atoms with van der Waals surface area (Å²) in [4.78, 5) is 3.95. The third-order valence-electron chi connectivity index (χ3n) is 5.96. The lowest BCUT2D eigenvalue weighted by molar-refractivity contribution is -0.146. The van der Waals surface area contributed by atoms with E-state index in [1.165, 1.54) is 42.6 Å². The first kappa shape index (κ1) is 26.7. The molecule has 1 N–H and O–H groups in total. The molecular weight excluding hydrogens is 498 g/mol. The summed E-state index contributed by atoms with van der Waals surface area (Å²) in [5.74, 6) is -0.843. The lowest BCUT2D eigenvalue weighted by Gasteiger charge is -2.37. The van der Waals surface area contributed by atoms with Gasteiger partial charge in [0.15, 0.2) is 6.29 Å². The summed E-state index contributed by atoms with van der Waals surface area (Å²) in [5.41, 5.74) is -0.119. The van der Waals surface area contributed by atoms with Gasteiger partial charge in [-0.2, -0.15) is 10.4 Å². The van der Waals surface area contributed by atoms with E-state index in [-0.39, 0.29) is 28.4 Å². The van der Waals surface area contributed by atoms with Crippen molar-refractivity contribution in [1.82, 2.24) is 14.8 Å². The Morgan fingerprint density at radius 2 is 1.97 bits per heavy atom. The predicted molar refractivity (Wildman–Crippen MR) is 136 cm³/mol. The largest absolute Gasteiger partial charge is 0.382 e. The van der Waals surface area contributed by atoms with Crippen LogP contribution in [0.3, 0.4) is 0 Å². The summed E-state index contributed by atoms with van der Waals surface area (Å²) >= 11 is 1.52. The number of ether oxygens (including phenoxy) is 2. The molecule has 0 amide bonds. The minimum absolute atomic E-state index is 0.0364. The molecule has 7 nitrogen and oxygen atoms in total. The number of rotatable bonds is 9. The predicted octanol–water partition coefficient (Wildman–Crippen LogP) is 4.45. The van der Waals surface area contributed by atoms with Crippen LogP contribution in [-0.2, 0) is 21.6 Å². The fourth-order valence-electron chi connectivity index (χ4n) is 3.89. The number of halogens is 2. The van der Waals surface area contributed by atoms with Crippen molar-refractivity contribution in [2.75, 3.05) is 13.2 Å². The quantitative estimate of drug-likeness (QED) is 0.414.